The second-order valence-electron chi connectivity index (χ2n) is 12.4. The van der Waals surface area contributed by atoms with Crippen molar-refractivity contribution in [3.63, 3.8) is 0 Å². The lowest BCUT2D eigenvalue weighted by molar-refractivity contribution is 0.477. The zero-order valence-corrected chi connectivity index (χ0v) is 25.1. The van der Waals surface area contributed by atoms with Crippen molar-refractivity contribution in [1.29, 1.82) is 0 Å². The second kappa shape index (κ2) is 9.18. The summed E-state index contributed by atoms with van der Waals surface area (Å²) >= 11 is 0. The number of hydrogen-bond donors (Lipinski definition) is 0. The van der Waals surface area contributed by atoms with Crippen molar-refractivity contribution in [2.75, 3.05) is 0 Å². The molecule has 2 aliphatic heterocycles. The Hall–Kier alpha value is -6.20. The minimum Gasteiger partial charge on any atom is -0.551 e. The molecule has 0 radical (unpaired) electrons. The Bertz CT molecular complexity index is 2720. The van der Waals surface area contributed by atoms with Crippen LogP contribution in [-0.2, 0) is 0 Å². The molecule has 0 amide bonds. The molecule has 2 aliphatic rings. The van der Waals surface area contributed by atoms with Gasteiger partial charge in [-0.05, 0) is 71.3 Å². The average molecular weight is 601 g/mol. The van der Waals surface area contributed by atoms with E-state index >= 15 is 0 Å². The largest absolute Gasteiger partial charge is 0.551 e. The number of benzene rings is 7. The Balaban J connectivity index is 1.06. The Morgan fingerprint density at radius 2 is 1.19 bits per heavy atom. The number of fused-ring (bicyclic) bond motifs is 10. The van der Waals surface area contributed by atoms with Crippen molar-refractivity contribution >= 4 is 61.6 Å². The third-order valence-corrected chi connectivity index (χ3v) is 9.89. The van der Waals surface area contributed by atoms with Crippen LogP contribution >= 0.6 is 0 Å². The molecule has 7 aromatic carbocycles. The summed E-state index contributed by atoms with van der Waals surface area (Å²) in [4.78, 5) is 0. The monoisotopic (exact) mass is 601 g/mol. The molecule has 0 unspecified atom stereocenters. The maximum atomic E-state index is 6.92. The fraction of sp³-hybridized carbons (Fsp3) is 0. The first-order valence-electron chi connectivity index (χ1n) is 16.0. The lowest BCUT2D eigenvalue weighted by Crippen LogP contribution is -2.53. The molecule has 4 heterocycles. The highest BCUT2D eigenvalue weighted by Gasteiger charge is 2.41. The third-order valence-electron chi connectivity index (χ3n) is 9.89. The molecule has 5 heteroatoms. The summed E-state index contributed by atoms with van der Waals surface area (Å²) in [7, 11) is 0. The van der Waals surface area contributed by atoms with E-state index in [9.17, 15) is 0 Å². The molecule has 47 heavy (non-hydrogen) atoms. The number of hydrogen-bond acceptors (Lipinski definition) is 3. The second-order valence-corrected chi connectivity index (χ2v) is 12.4. The van der Waals surface area contributed by atoms with E-state index in [1.165, 1.54) is 10.8 Å². The number of aromatic nitrogens is 1. The molecule has 0 spiro atoms. The summed E-state index contributed by atoms with van der Waals surface area (Å²) in [5, 5.41) is 4.69. The van der Waals surface area contributed by atoms with E-state index in [2.05, 4.69) is 138 Å². The van der Waals surface area contributed by atoms with E-state index in [0.717, 1.165) is 89.1 Å². The number of para-hydroxylation sites is 4. The summed E-state index contributed by atoms with van der Waals surface area (Å²) in [6, 6.07) is 51.0. The van der Waals surface area contributed by atoms with Crippen LogP contribution in [0.4, 0.5) is 0 Å². The standard InChI is InChI=1S/C42H24BNO3/c1-4-14-34-27(9-1)28-10-2-5-15-35(28)44(34)36-16-8-13-33-42(36)46-40-18-7-12-30-32-24-26(20-22-39(32)47-43(33)41(30)40)25-19-21-38-31(23-25)29-11-3-6-17-37(29)45-38/h1-24H. The van der Waals surface area contributed by atoms with Crippen molar-refractivity contribution in [2.45, 2.75) is 0 Å². The average Bonchev–Trinajstić information content (AvgIpc) is 3.67. The Kier molecular flexibility index (Phi) is 4.89. The zero-order valence-electron chi connectivity index (χ0n) is 25.1. The Morgan fingerprint density at radius 3 is 2.04 bits per heavy atom. The Morgan fingerprint density at radius 1 is 0.489 bits per heavy atom. The van der Waals surface area contributed by atoms with Gasteiger partial charge in [0.1, 0.15) is 28.4 Å². The van der Waals surface area contributed by atoms with Gasteiger partial charge in [-0.1, -0.05) is 91.0 Å². The van der Waals surface area contributed by atoms with Crippen LogP contribution < -0.4 is 20.3 Å². The summed E-state index contributed by atoms with van der Waals surface area (Å²) in [5.41, 5.74) is 11.7. The van der Waals surface area contributed by atoms with Gasteiger partial charge in [0.15, 0.2) is 0 Å². The van der Waals surface area contributed by atoms with Crippen LogP contribution in [0.2, 0.25) is 0 Å². The lowest BCUT2D eigenvalue weighted by atomic mass is 9.50. The number of nitrogens with zero attached hydrogens (tertiary/aromatic N) is 1. The van der Waals surface area contributed by atoms with Crippen LogP contribution in [0.5, 0.6) is 17.2 Å². The molecule has 0 saturated carbocycles. The first-order valence-corrected chi connectivity index (χ1v) is 16.0. The molecular formula is C42H24BNO3. The van der Waals surface area contributed by atoms with E-state index in [4.69, 9.17) is 13.8 Å². The molecule has 2 aromatic heterocycles. The van der Waals surface area contributed by atoms with Gasteiger partial charge in [-0.2, -0.15) is 0 Å². The summed E-state index contributed by atoms with van der Waals surface area (Å²) < 4.78 is 22.2. The summed E-state index contributed by atoms with van der Waals surface area (Å²) in [6.45, 7) is -0.287. The molecule has 9 aromatic rings. The molecule has 218 valence electrons. The molecule has 0 aliphatic carbocycles. The van der Waals surface area contributed by atoms with Crippen molar-refractivity contribution < 1.29 is 13.8 Å². The highest BCUT2D eigenvalue weighted by Crippen LogP contribution is 2.43. The molecule has 11 rings (SSSR count). The van der Waals surface area contributed by atoms with Gasteiger partial charge in [0.25, 0.3) is 0 Å². The van der Waals surface area contributed by atoms with E-state index in [-0.39, 0.29) is 6.92 Å². The van der Waals surface area contributed by atoms with Gasteiger partial charge in [0, 0.05) is 38.0 Å². The van der Waals surface area contributed by atoms with Crippen LogP contribution in [-0.4, -0.2) is 11.5 Å². The number of furan rings is 1. The normalized spacial score (nSPS) is 13.0. The Labute approximate surface area is 270 Å². The first-order chi connectivity index (χ1) is 23.3. The number of ether oxygens (including phenoxy) is 1. The minimum atomic E-state index is -0.287. The van der Waals surface area contributed by atoms with Gasteiger partial charge >= 0.3 is 6.92 Å². The maximum Gasteiger partial charge on any atom is 0.434 e. The molecule has 0 saturated heterocycles. The highest BCUT2D eigenvalue weighted by molar-refractivity contribution is 6.84. The van der Waals surface area contributed by atoms with Crippen LogP contribution in [0, 0.1) is 0 Å². The van der Waals surface area contributed by atoms with Crippen LogP contribution in [0.25, 0.3) is 71.7 Å². The summed E-state index contributed by atoms with van der Waals surface area (Å²) in [5.74, 6) is 2.53. The molecule has 0 fully saturated rings. The minimum absolute atomic E-state index is 0.287. The smallest absolute Gasteiger partial charge is 0.434 e. The summed E-state index contributed by atoms with van der Waals surface area (Å²) in [6.07, 6.45) is 0. The lowest BCUT2D eigenvalue weighted by Gasteiger charge is -2.33. The van der Waals surface area contributed by atoms with E-state index in [1.807, 2.05) is 12.1 Å². The van der Waals surface area contributed by atoms with Crippen molar-refractivity contribution in [3.05, 3.63) is 146 Å². The molecule has 0 N–H and O–H groups in total. The van der Waals surface area contributed by atoms with Crippen molar-refractivity contribution in [2.24, 2.45) is 0 Å². The first kappa shape index (κ1) is 25.0. The predicted molar refractivity (Wildman–Crippen MR) is 191 cm³/mol. The van der Waals surface area contributed by atoms with Crippen LogP contribution in [0.15, 0.2) is 150 Å². The number of rotatable bonds is 2. The van der Waals surface area contributed by atoms with Crippen LogP contribution in [0.1, 0.15) is 0 Å². The van der Waals surface area contributed by atoms with E-state index < -0.39 is 0 Å². The predicted octanol–water partition coefficient (Wildman–Crippen LogP) is 9.62. The van der Waals surface area contributed by atoms with Crippen molar-refractivity contribution in [1.82, 2.24) is 4.57 Å². The fourth-order valence-electron chi connectivity index (χ4n) is 7.80. The topological polar surface area (TPSA) is 36.5 Å². The highest BCUT2D eigenvalue weighted by atomic mass is 16.5. The van der Waals surface area contributed by atoms with Gasteiger partial charge in [-0.15, -0.1) is 0 Å². The zero-order chi connectivity index (χ0) is 30.6. The molecule has 4 nitrogen and oxygen atoms in total. The molecular weight excluding hydrogens is 577 g/mol. The molecule has 0 bridgehead atoms. The van der Waals surface area contributed by atoms with Gasteiger partial charge in [0.05, 0.1) is 16.7 Å². The van der Waals surface area contributed by atoms with Gasteiger partial charge in [0.2, 0.25) is 0 Å². The van der Waals surface area contributed by atoms with Gasteiger partial charge in [-0.3, -0.25) is 0 Å². The maximum absolute atomic E-state index is 6.92. The third kappa shape index (κ3) is 3.43. The molecule has 0 atom stereocenters. The van der Waals surface area contributed by atoms with Crippen molar-refractivity contribution in [3.8, 4) is 45.2 Å². The quantitative estimate of drug-likeness (QED) is 0.185. The van der Waals surface area contributed by atoms with Gasteiger partial charge in [-0.25, -0.2) is 0 Å². The van der Waals surface area contributed by atoms with E-state index in [0.29, 0.717) is 0 Å². The van der Waals surface area contributed by atoms with E-state index in [1.54, 1.807) is 0 Å². The fourth-order valence-corrected chi connectivity index (χ4v) is 7.80. The SMILES string of the molecule is c1cc2c3c(c1)-c1cc(-c4ccc5oc6ccccc6c5c4)ccc1OB3c1cccc(-n3c4ccccc4c4ccccc43)c1O2. The van der Waals surface area contributed by atoms with Gasteiger partial charge < -0.3 is 18.4 Å². The van der Waals surface area contributed by atoms with Crippen LogP contribution in [0.3, 0.4) is 0 Å².